The molecular formula is C13H17N3O. The van der Waals surface area contributed by atoms with Gasteiger partial charge in [-0.2, -0.15) is 0 Å². The molecule has 0 radical (unpaired) electrons. The SMILES string of the molecule is Cc1oc(Cn2ccnc2)cc1CNC1CC1. The first-order valence-electron chi connectivity index (χ1n) is 6.08. The number of hydrogen-bond acceptors (Lipinski definition) is 3. The van der Waals surface area contributed by atoms with E-state index >= 15 is 0 Å². The van der Waals surface area contributed by atoms with Crippen LogP contribution >= 0.6 is 0 Å². The number of imidazole rings is 1. The van der Waals surface area contributed by atoms with Gasteiger partial charge in [-0.05, 0) is 25.8 Å². The average molecular weight is 231 g/mol. The topological polar surface area (TPSA) is 43.0 Å². The summed E-state index contributed by atoms with van der Waals surface area (Å²) in [5, 5.41) is 3.51. The van der Waals surface area contributed by atoms with E-state index in [1.807, 2.05) is 17.7 Å². The smallest absolute Gasteiger partial charge is 0.124 e. The lowest BCUT2D eigenvalue weighted by Crippen LogP contribution is -2.15. The number of nitrogens with one attached hydrogen (secondary N) is 1. The standard InChI is InChI=1S/C13H17N3O/c1-10-11(7-15-12-2-3-12)6-13(17-10)8-16-5-4-14-9-16/h4-6,9,12,15H,2-3,7-8H2,1H3. The number of hydrogen-bond donors (Lipinski definition) is 1. The van der Waals surface area contributed by atoms with Gasteiger partial charge in [-0.3, -0.25) is 0 Å². The summed E-state index contributed by atoms with van der Waals surface area (Å²) in [6, 6.07) is 2.88. The Labute approximate surface area is 101 Å². The minimum absolute atomic E-state index is 0.737. The van der Waals surface area contributed by atoms with Crippen molar-refractivity contribution in [1.82, 2.24) is 14.9 Å². The van der Waals surface area contributed by atoms with Gasteiger partial charge in [0.05, 0.1) is 12.9 Å². The highest BCUT2D eigenvalue weighted by Crippen LogP contribution is 2.21. The number of furan rings is 1. The lowest BCUT2D eigenvalue weighted by atomic mass is 10.2. The second-order valence-corrected chi connectivity index (χ2v) is 4.68. The zero-order valence-electron chi connectivity index (χ0n) is 10.0. The van der Waals surface area contributed by atoms with Crippen LogP contribution in [0.25, 0.3) is 0 Å². The number of nitrogens with zero attached hydrogens (tertiary/aromatic N) is 2. The highest BCUT2D eigenvalue weighted by molar-refractivity contribution is 5.21. The van der Waals surface area contributed by atoms with E-state index < -0.39 is 0 Å². The summed E-state index contributed by atoms with van der Waals surface area (Å²) in [7, 11) is 0. The Hall–Kier alpha value is -1.55. The van der Waals surface area contributed by atoms with E-state index in [0.29, 0.717) is 0 Å². The Bertz CT molecular complexity index is 483. The first kappa shape index (κ1) is 10.6. The predicted octanol–water partition coefficient (Wildman–Crippen LogP) is 2.08. The molecule has 0 spiro atoms. The van der Waals surface area contributed by atoms with Gasteiger partial charge in [0.1, 0.15) is 11.5 Å². The van der Waals surface area contributed by atoms with E-state index in [4.69, 9.17) is 4.42 Å². The highest BCUT2D eigenvalue weighted by Gasteiger charge is 2.20. The average Bonchev–Trinajstić information content (AvgIpc) is 2.88. The van der Waals surface area contributed by atoms with Crippen molar-refractivity contribution in [3.05, 3.63) is 41.9 Å². The van der Waals surface area contributed by atoms with Gasteiger partial charge in [0, 0.05) is 30.5 Å². The molecule has 1 aliphatic carbocycles. The summed E-state index contributed by atoms with van der Waals surface area (Å²) in [6.07, 6.45) is 8.17. The Morgan fingerprint density at radius 1 is 1.53 bits per heavy atom. The van der Waals surface area contributed by atoms with Crippen molar-refractivity contribution in [3.8, 4) is 0 Å². The van der Waals surface area contributed by atoms with Gasteiger partial charge in [0.2, 0.25) is 0 Å². The van der Waals surface area contributed by atoms with Crippen LogP contribution in [0.5, 0.6) is 0 Å². The summed E-state index contributed by atoms with van der Waals surface area (Å²) in [5.74, 6) is 2.02. The van der Waals surface area contributed by atoms with Gasteiger partial charge >= 0.3 is 0 Å². The van der Waals surface area contributed by atoms with Crippen LogP contribution in [0, 0.1) is 6.92 Å². The van der Waals surface area contributed by atoms with Gasteiger partial charge in [-0.15, -0.1) is 0 Å². The van der Waals surface area contributed by atoms with Gasteiger partial charge in [0.25, 0.3) is 0 Å². The van der Waals surface area contributed by atoms with E-state index in [1.165, 1.54) is 18.4 Å². The Balaban J connectivity index is 1.66. The Morgan fingerprint density at radius 2 is 2.41 bits per heavy atom. The van der Waals surface area contributed by atoms with Crippen molar-refractivity contribution < 1.29 is 4.42 Å². The molecule has 0 aliphatic heterocycles. The molecule has 0 atom stereocenters. The van der Waals surface area contributed by atoms with Gasteiger partial charge < -0.3 is 14.3 Å². The monoisotopic (exact) mass is 231 g/mol. The lowest BCUT2D eigenvalue weighted by Gasteiger charge is -1.99. The Morgan fingerprint density at radius 3 is 3.12 bits per heavy atom. The van der Waals surface area contributed by atoms with Crippen molar-refractivity contribution in [2.24, 2.45) is 0 Å². The van der Waals surface area contributed by atoms with Crippen molar-refractivity contribution >= 4 is 0 Å². The molecule has 90 valence electrons. The van der Waals surface area contributed by atoms with Gasteiger partial charge in [-0.25, -0.2) is 4.98 Å². The van der Waals surface area contributed by atoms with E-state index in [0.717, 1.165) is 30.7 Å². The molecule has 0 saturated heterocycles. The quantitative estimate of drug-likeness (QED) is 0.856. The van der Waals surface area contributed by atoms with Crippen LogP contribution in [0.2, 0.25) is 0 Å². The molecule has 4 heteroatoms. The lowest BCUT2D eigenvalue weighted by molar-refractivity contribution is 0.466. The van der Waals surface area contributed by atoms with Crippen molar-refractivity contribution in [2.45, 2.75) is 38.9 Å². The molecule has 0 bridgehead atoms. The second kappa shape index (κ2) is 4.37. The van der Waals surface area contributed by atoms with Crippen molar-refractivity contribution in [3.63, 3.8) is 0 Å². The van der Waals surface area contributed by atoms with Crippen molar-refractivity contribution in [2.75, 3.05) is 0 Å². The van der Waals surface area contributed by atoms with Crippen LogP contribution in [0.1, 0.15) is 29.9 Å². The van der Waals surface area contributed by atoms with Gasteiger partial charge in [-0.1, -0.05) is 0 Å². The molecule has 1 fully saturated rings. The fraction of sp³-hybridized carbons (Fsp3) is 0.462. The van der Waals surface area contributed by atoms with E-state index in [-0.39, 0.29) is 0 Å². The van der Waals surface area contributed by atoms with Crippen LogP contribution in [-0.2, 0) is 13.1 Å². The molecule has 1 saturated carbocycles. The first-order chi connectivity index (χ1) is 8.31. The first-order valence-corrected chi connectivity index (χ1v) is 6.08. The van der Waals surface area contributed by atoms with Crippen LogP contribution in [-0.4, -0.2) is 15.6 Å². The minimum atomic E-state index is 0.737. The minimum Gasteiger partial charge on any atom is -0.464 e. The number of aromatic nitrogens is 2. The zero-order chi connectivity index (χ0) is 11.7. The van der Waals surface area contributed by atoms with Crippen LogP contribution in [0.15, 0.2) is 29.2 Å². The summed E-state index contributed by atoms with van der Waals surface area (Å²) in [6.45, 7) is 3.70. The maximum Gasteiger partial charge on any atom is 0.124 e. The van der Waals surface area contributed by atoms with E-state index in [9.17, 15) is 0 Å². The molecule has 1 N–H and O–H groups in total. The normalized spacial score (nSPS) is 15.4. The number of aryl methyl sites for hydroxylation is 1. The second-order valence-electron chi connectivity index (χ2n) is 4.68. The van der Waals surface area contributed by atoms with E-state index in [1.54, 1.807) is 12.5 Å². The van der Waals surface area contributed by atoms with Crippen molar-refractivity contribution in [1.29, 1.82) is 0 Å². The maximum absolute atomic E-state index is 5.75. The largest absolute Gasteiger partial charge is 0.464 e. The van der Waals surface area contributed by atoms with Crippen LogP contribution < -0.4 is 5.32 Å². The molecule has 3 rings (SSSR count). The van der Waals surface area contributed by atoms with Crippen LogP contribution in [0.3, 0.4) is 0 Å². The third kappa shape index (κ3) is 2.58. The molecule has 1 aliphatic rings. The fourth-order valence-corrected chi connectivity index (χ4v) is 1.94. The third-order valence-electron chi connectivity index (χ3n) is 3.13. The molecule has 0 amide bonds. The molecular weight excluding hydrogens is 214 g/mol. The summed E-state index contributed by atoms with van der Waals surface area (Å²) >= 11 is 0. The zero-order valence-corrected chi connectivity index (χ0v) is 10.0. The molecule has 2 heterocycles. The Kier molecular flexibility index (Phi) is 2.73. The number of rotatable bonds is 5. The molecule has 17 heavy (non-hydrogen) atoms. The molecule has 4 nitrogen and oxygen atoms in total. The summed E-state index contributed by atoms with van der Waals surface area (Å²) in [4.78, 5) is 4.02. The molecule has 2 aromatic rings. The molecule has 0 aromatic carbocycles. The van der Waals surface area contributed by atoms with E-state index in [2.05, 4.69) is 16.4 Å². The fourth-order valence-electron chi connectivity index (χ4n) is 1.94. The molecule has 0 unspecified atom stereocenters. The van der Waals surface area contributed by atoms with Gasteiger partial charge in [0.15, 0.2) is 0 Å². The molecule has 2 aromatic heterocycles. The third-order valence-corrected chi connectivity index (χ3v) is 3.13. The van der Waals surface area contributed by atoms with Crippen LogP contribution in [0.4, 0.5) is 0 Å². The summed E-state index contributed by atoms with van der Waals surface area (Å²) < 4.78 is 7.76. The maximum atomic E-state index is 5.75. The predicted molar refractivity (Wildman–Crippen MR) is 64.6 cm³/mol. The highest BCUT2D eigenvalue weighted by atomic mass is 16.3. The summed E-state index contributed by atoms with van der Waals surface area (Å²) in [5.41, 5.74) is 1.27.